The van der Waals surface area contributed by atoms with E-state index >= 15 is 0 Å². The van der Waals surface area contributed by atoms with Crippen molar-refractivity contribution in [3.05, 3.63) is 60.2 Å². The van der Waals surface area contributed by atoms with E-state index in [1.807, 2.05) is 0 Å². The molecule has 0 fully saturated rings. The van der Waals surface area contributed by atoms with E-state index in [0.29, 0.717) is 0 Å². The summed E-state index contributed by atoms with van der Waals surface area (Å²) in [6, 6.07) is 9.21. The molecule has 0 N–H and O–H groups in total. The van der Waals surface area contributed by atoms with Gasteiger partial charge in [0, 0.05) is 0 Å². The van der Waals surface area contributed by atoms with E-state index in [4.69, 9.17) is 0 Å². The van der Waals surface area contributed by atoms with Crippen LogP contribution in [0.2, 0.25) is 0 Å². The molecular weight excluding hydrogens is 246 g/mol. The Bertz CT molecular complexity index is 600. The molecule has 0 radical (unpaired) electrons. The lowest BCUT2D eigenvalue weighted by Gasteiger charge is -2.04. The standard InChI is InChI=1S/C12H8F2O2S/c13-9-3-1-5-11(7-9)17(15,16)12-6-2-4-10(14)8-12/h1-8H. The van der Waals surface area contributed by atoms with Gasteiger partial charge >= 0.3 is 0 Å². The van der Waals surface area contributed by atoms with Gasteiger partial charge < -0.3 is 0 Å². The Morgan fingerprint density at radius 1 is 0.765 bits per heavy atom. The third-order valence-corrected chi connectivity index (χ3v) is 3.96. The second kappa shape index (κ2) is 4.25. The first-order chi connectivity index (χ1) is 8.00. The maximum absolute atomic E-state index is 13.0. The molecule has 0 aliphatic heterocycles. The molecule has 0 aromatic heterocycles. The van der Waals surface area contributed by atoms with Crippen LogP contribution >= 0.6 is 0 Å². The fraction of sp³-hybridized carbons (Fsp3) is 0. The van der Waals surface area contributed by atoms with E-state index in [1.165, 1.54) is 24.3 Å². The van der Waals surface area contributed by atoms with Gasteiger partial charge in [-0.2, -0.15) is 0 Å². The van der Waals surface area contributed by atoms with Crippen LogP contribution in [0.1, 0.15) is 0 Å². The Morgan fingerprint density at radius 2 is 1.18 bits per heavy atom. The molecular formula is C12H8F2O2S. The number of halogens is 2. The lowest BCUT2D eigenvalue weighted by atomic mass is 10.3. The average Bonchev–Trinajstić information content (AvgIpc) is 2.29. The third-order valence-electron chi connectivity index (χ3n) is 2.21. The Labute approximate surface area is 97.4 Å². The van der Waals surface area contributed by atoms with E-state index in [2.05, 4.69) is 0 Å². The first kappa shape index (κ1) is 11.7. The lowest BCUT2D eigenvalue weighted by molar-refractivity contribution is 0.586. The summed E-state index contributed by atoms with van der Waals surface area (Å²) in [4.78, 5) is -0.383. The Kier molecular flexibility index (Phi) is 2.93. The summed E-state index contributed by atoms with van der Waals surface area (Å²) >= 11 is 0. The number of hydrogen-bond donors (Lipinski definition) is 0. The molecule has 0 heterocycles. The van der Waals surface area contributed by atoms with Gasteiger partial charge in [-0.15, -0.1) is 0 Å². The summed E-state index contributed by atoms with van der Waals surface area (Å²) in [5.41, 5.74) is 0. The number of hydrogen-bond acceptors (Lipinski definition) is 2. The van der Waals surface area contributed by atoms with E-state index in [1.54, 1.807) is 0 Å². The molecule has 0 saturated heterocycles. The second-order valence-corrected chi connectivity index (χ2v) is 5.37. The van der Waals surface area contributed by atoms with Gasteiger partial charge in [0.15, 0.2) is 0 Å². The van der Waals surface area contributed by atoms with E-state index < -0.39 is 21.5 Å². The number of rotatable bonds is 2. The minimum atomic E-state index is -3.86. The minimum absolute atomic E-state index is 0.192. The van der Waals surface area contributed by atoms with Crippen LogP contribution in [0.5, 0.6) is 0 Å². The normalized spacial score (nSPS) is 11.4. The molecule has 88 valence electrons. The fourth-order valence-corrected chi connectivity index (χ4v) is 2.73. The van der Waals surface area contributed by atoms with Crippen molar-refractivity contribution in [3.63, 3.8) is 0 Å². The third kappa shape index (κ3) is 2.34. The molecule has 2 nitrogen and oxygen atoms in total. The predicted octanol–water partition coefficient (Wildman–Crippen LogP) is 2.80. The van der Waals surface area contributed by atoms with Gasteiger partial charge in [0.2, 0.25) is 9.84 Å². The van der Waals surface area contributed by atoms with Crippen LogP contribution in [0.4, 0.5) is 8.78 Å². The smallest absolute Gasteiger partial charge is 0.206 e. The molecule has 0 saturated carbocycles. The van der Waals surface area contributed by atoms with Crippen LogP contribution in [0.25, 0.3) is 0 Å². The number of benzene rings is 2. The largest absolute Gasteiger partial charge is 0.219 e. The van der Waals surface area contributed by atoms with Crippen LogP contribution in [0, 0.1) is 11.6 Å². The summed E-state index contributed by atoms with van der Waals surface area (Å²) in [6.45, 7) is 0. The summed E-state index contributed by atoms with van der Waals surface area (Å²) in [7, 11) is -3.86. The first-order valence-electron chi connectivity index (χ1n) is 4.76. The molecule has 0 atom stereocenters. The second-order valence-electron chi connectivity index (χ2n) is 3.42. The predicted molar refractivity (Wildman–Crippen MR) is 58.3 cm³/mol. The SMILES string of the molecule is O=S(=O)(c1cccc(F)c1)c1cccc(F)c1. The molecule has 0 bridgehead atoms. The molecule has 0 spiro atoms. The Hall–Kier alpha value is -1.75. The monoisotopic (exact) mass is 254 g/mol. The minimum Gasteiger partial charge on any atom is -0.219 e. The Morgan fingerprint density at radius 3 is 1.53 bits per heavy atom. The molecule has 0 aliphatic rings. The van der Waals surface area contributed by atoms with Crippen molar-refractivity contribution in [3.8, 4) is 0 Å². The van der Waals surface area contributed by atoms with Gasteiger partial charge in [0.25, 0.3) is 0 Å². The zero-order valence-corrected chi connectivity index (χ0v) is 9.42. The maximum atomic E-state index is 13.0. The van der Waals surface area contributed by atoms with E-state index in [-0.39, 0.29) is 9.79 Å². The lowest BCUT2D eigenvalue weighted by Crippen LogP contribution is -2.02. The highest BCUT2D eigenvalue weighted by Crippen LogP contribution is 2.21. The van der Waals surface area contributed by atoms with Gasteiger partial charge in [-0.3, -0.25) is 0 Å². The summed E-state index contributed by atoms with van der Waals surface area (Å²) in [5, 5.41) is 0. The van der Waals surface area contributed by atoms with Crippen molar-refractivity contribution < 1.29 is 17.2 Å². The molecule has 0 aliphatic carbocycles. The van der Waals surface area contributed by atoms with Crippen molar-refractivity contribution >= 4 is 9.84 Å². The van der Waals surface area contributed by atoms with Gasteiger partial charge in [-0.25, -0.2) is 17.2 Å². The van der Waals surface area contributed by atoms with Crippen LogP contribution in [-0.2, 0) is 9.84 Å². The molecule has 2 aromatic rings. The van der Waals surface area contributed by atoms with Crippen molar-refractivity contribution in [1.29, 1.82) is 0 Å². The fourth-order valence-electron chi connectivity index (χ4n) is 1.40. The van der Waals surface area contributed by atoms with Crippen molar-refractivity contribution in [2.45, 2.75) is 9.79 Å². The van der Waals surface area contributed by atoms with Crippen molar-refractivity contribution in [1.82, 2.24) is 0 Å². The van der Waals surface area contributed by atoms with Crippen molar-refractivity contribution in [2.75, 3.05) is 0 Å². The zero-order valence-electron chi connectivity index (χ0n) is 8.60. The van der Waals surface area contributed by atoms with Crippen LogP contribution in [0.3, 0.4) is 0 Å². The molecule has 5 heteroatoms. The highest BCUT2D eigenvalue weighted by molar-refractivity contribution is 7.91. The van der Waals surface area contributed by atoms with E-state index in [0.717, 1.165) is 24.3 Å². The van der Waals surface area contributed by atoms with Crippen LogP contribution in [-0.4, -0.2) is 8.42 Å². The highest BCUT2D eigenvalue weighted by atomic mass is 32.2. The van der Waals surface area contributed by atoms with Gasteiger partial charge in [-0.1, -0.05) is 12.1 Å². The molecule has 17 heavy (non-hydrogen) atoms. The maximum Gasteiger partial charge on any atom is 0.206 e. The molecule has 0 unspecified atom stereocenters. The molecule has 0 amide bonds. The van der Waals surface area contributed by atoms with Gasteiger partial charge in [0.05, 0.1) is 9.79 Å². The van der Waals surface area contributed by atoms with E-state index in [9.17, 15) is 17.2 Å². The first-order valence-corrected chi connectivity index (χ1v) is 6.25. The number of sulfone groups is 1. The molecule has 2 aromatic carbocycles. The van der Waals surface area contributed by atoms with Gasteiger partial charge in [-0.05, 0) is 36.4 Å². The topological polar surface area (TPSA) is 34.1 Å². The summed E-state index contributed by atoms with van der Waals surface area (Å²) < 4.78 is 49.9. The van der Waals surface area contributed by atoms with Gasteiger partial charge in [0.1, 0.15) is 11.6 Å². The highest BCUT2D eigenvalue weighted by Gasteiger charge is 2.18. The summed E-state index contributed by atoms with van der Waals surface area (Å²) in [5.74, 6) is -1.30. The summed E-state index contributed by atoms with van der Waals surface area (Å²) in [6.07, 6.45) is 0. The Balaban J connectivity index is 2.58. The van der Waals surface area contributed by atoms with Crippen LogP contribution in [0.15, 0.2) is 58.3 Å². The zero-order chi connectivity index (χ0) is 12.5. The van der Waals surface area contributed by atoms with Crippen molar-refractivity contribution in [2.24, 2.45) is 0 Å². The molecule has 2 rings (SSSR count). The van der Waals surface area contributed by atoms with Crippen LogP contribution < -0.4 is 0 Å². The average molecular weight is 254 g/mol. The quantitative estimate of drug-likeness (QED) is 0.825.